The Morgan fingerprint density at radius 2 is 1.88 bits per heavy atom. The van der Waals surface area contributed by atoms with Crippen LogP contribution in [0.2, 0.25) is 0 Å². The number of amides is 2. The van der Waals surface area contributed by atoms with Crippen molar-refractivity contribution in [1.29, 1.82) is 5.26 Å². The number of rotatable bonds is 3. The molecule has 1 aromatic heterocycles. The molecule has 0 N–H and O–H groups in total. The maximum atomic E-state index is 13.1. The standard InChI is InChI=1S/C19H19N5O/c20-7-15-12-23(16-10-22(11-16)14-5-6-14)19(25)24(15)18-9-21-8-13-3-1-2-4-17(13)18/h1-4,8-9,14-16H,5-6,10-12H2/t15-/m0/s1. The number of hydrogen-bond acceptors (Lipinski definition) is 4. The first-order chi connectivity index (χ1) is 12.3. The van der Waals surface area contributed by atoms with Crippen LogP contribution >= 0.6 is 0 Å². The molecule has 6 heteroatoms. The van der Waals surface area contributed by atoms with E-state index in [2.05, 4.69) is 16.0 Å². The van der Waals surface area contributed by atoms with E-state index in [9.17, 15) is 10.1 Å². The highest BCUT2D eigenvalue weighted by Gasteiger charge is 2.48. The number of likely N-dealkylation sites (tertiary alicyclic amines) is 1. The number of nitriles is 1. The van der Waals surface area contributed by atoms with E-state index < -0.39 is 6.04 Å². The predicted octanol–water partition coefficient (Wildman–Crippen LogP) is 2.22. The van der Waals surface area contributed by atoms with Crippen LogP contribution in [0, 0.1) is 11.3 Å². The van der Waals surface area contributed by atoms with Gasteiger partial charge in [0.25, 0.3) is 0 Å². The molecule has 126 valence electrons. The lowest BCUT2D eigenvalue weighted by molar-refractivity contribution is 0.0579. The quantitative estimate of drug-likeness (QED) is 0.864. The third-order valence-electron chi connectivity index (χ3n) is 5.58. The van der Waals surface area contributed by atoms with Gasteiger partial charge in [-0.3, -0.25) is 14.8 Å². The fourth-order valence-corrected chi connectivity index (χ4v) is 4.01. The Labute approximate surface area is 146 Å². The molecule has 0 bridgehead atoms. The lowest BCUT2D eigenvalue weighted by Gasteiger charge is -2.43. The summed E-state index contributed by atoms with van der Waals surface area (Å²) in [6, 6.07) is 10.6. The smallest absolute Gasteiger partial charge is 0.316 e. The second-order valence-electron chi connectivity index (χ2n) is 7.17. The first kappa shape index (κ1) is 14.7. The average molecular weight is 333 g/mol. The molecule has 1 atom stereocenters. The van der Waals surface area contributed by atoms with Gasteiger partial charge >= 0.3 is 6.03 Å². The number of hydrogen-bond donors (Lipinski definition) is 0. The molecular weight excluding hydrogens is 314 g/mol. The number of carbonyl (C=O) groups excluding carboxylic acids is 1. The van der Waals surface area contributed by atoms with E-state index >= 15 is 0 Å². The van der Waals surface area contributed by atoms with Crippen LogP contribution < -0.4 is 4.90 Å². The minimum atomic E-state index is -0.463. The fraction of sp³-hybridized carbons (Fsp3) is 0.421. The Bertz CT molecular complexity index is 876. The third kappa shape index (κ3) is 2.27. The summed E-state index contributed by atoms with van der Waals surface area (Å²) in [5.41, 5.74) is 0.732. The van der Waals surface area contributed by atoms with Crippen LogP contribution in [0.15, 0.2) is 36.7 Å². The maximum Gasteiger partial charge on any atom is 0.326 e. The predicted molar refractivity (Wildman–Crippen MR) is 94.1 cm³/mol. The van der Waals surface area contributed by atoms with Crippen LogP contribution in [0.1, 0.15) is 12.8 Å². The number of anilines is 1. The van der Waals surface area contributed by atoms with Crippen LogP contribution in [0.3, 0.4) is 0 Å². The molecule has 3 aliphatic rings. The zero-order valence-corrected chi connectivity index (χ0v) is 13.9. The van der Waals surface area contributed by atoms with Gasteiger partial charge in [-0.2, -0.15) is 5.26 Å². The Hall–Kier alpha value is -2.65. The molecule has 2 aromatic rings. The van der Waals surface area contributed by atoms with Gasteiger partial charge in [-0.15, -0.1) is 0 Å². The first-order valence-electron chi connectivity index (χ1n) is 8.82. The number of fused-ring (bicyclic) bond motifs is 1. The van der Waals surface area contributed by atoms with Gasteiger partial charge < -0.3 is 4.90 Å². The number of urea groups is 1. The molecule has 5 rings (SSSR count). The molecule has 6 nitrogen and oxygen atoms in total. The fourth-order valence-electron chi connectivity index (χ4n) is 4.01. The minimum absolute atomic E-state index is 0.0647. The molecule has 0 unspecified atom stereocenters. The minimum Gasteiger partial charge on any atom is -0.316 e. The van der Waals surface area contributed by atoms with Crippen molar-refractivity contribution in [3.05, 3.63) is 36.7 Å². The Kier molecular flexibility index (Phi) is 3.19. The zero-order valence-electron chi connectivity index (χ0n) is 13.9. The highest BCUT2D eigenvalue weighted by atomic mass is 16.2. The lowest BCUT2D eigenvalue weighted by atomic mass is 10.1. The molecule has 1 aliphatic carbocycles. The number of nitrogens with zero attached hydrogens (tertiary/aromatic N) is 5. The van der Waals surface area contributed by atoms with Crippen molar-refractivity contribution >= 4 is 22.5 Å². The Morgan fingerprint density at radius 1 is 1.08 bits per heavy atom. The van der Waals surface area contributed by atoms with Crippen molar-refractivity contribution in [3.8, 4) is 6.07 Å². The molecule has 2 aliphatic heterocycles. The summed E-state index contributed by atoms with van der Waals surface area (Å²) in [7, 11) is 0. The van der Waals surface area contributed by atoms with Gasteiger partial charge in [-0.1, -0.05) is 24.3 Å². The van der Waals surface area contributed by atoms with Crippen molar-refractivity contribution in [2.75, 3.05) is 24.5 Å². The van der Waals surface area contributed by atoms with E-state index in [0.29, 0.717) is 6.54 Å². The summed E-state index contributed by atoms with van der Waals surface area (Å²) in [5.74, 6) is 0. The Morgan fingerprint density at radius 3 is 2.64 bits per heavy atom. The summed E-state index contributed by atoms with van der Waals surface area (Å²) in [4.78, 5) is 23.3. The van der Waals surface area contributed by atoms with Crippen molar-refractivity contribution < 1.29 is 4.79 Å². The second-order valence-corrected chi connectivity index (χ2v) is 7.17. The SMILES string of the molecule is N#C[C@H]1CN(C2CN(C3CC3)C2)C(=O)N1c1cncc2ccccc12. The van der Waals surface area contributed by atoms with Crippen LogP contribution in [-0.2, 0) is 0 Å². The van der Waals surface area contributed by atoms with E-state index in [1.807, 2.05) is 29.2 Å². The van der Waals surface area contributed by atoms with Gasteiger partial charge in [0.2, 0.25) is 0 Å². The van der Waals surface area contributed by atoms with Crippen molar-refractivity contribution in [2.45, 2.75) is 31.0 Å². The highest BCUT2D eigenvalue weighted by molar-refractivity contribution is 6.04. The number of pyridine rings is 1. The number of aromatic nitrogens is 1. The highest BCUT2D eigenvalue weighted by Crippen LogP contribution is 2.36. The van der Waals surface area contributed by atoms with Crippen molar-refractivity contribution in [1.82, 2.24) is 14.8 Å². The summed E-state index contributed by atoms with van der Waals surface area (Å²) in [6.45, 7) is 2.36. The molecule has 3 heterocycles. The van der Waals surface area contributed by atoms with Crippen LogP contribution in [-0.4, -0.2) is 58.6 Å². The molecular formula is C19H19N5O. The van der Waals surface area contributed by atoms with Crippen molar-refractivity contribution in [3.63, 3.8) is 0 Å². The summed E-state index contributed by atoms with van der Waals surface area (Å²) in [5, 5.41) is 11.6. The van der Waals surface area contributed by atoms with Crippen LogP contribution in [0.4, 0.5) is 10.5 Å². The van der Waals surface area contributed by atoms with Crippen LogP contribution in [0.25, 0.3) is 10.8 Å². The Balaban J connectivity index is 1.46. The summed E-state index contributed by atoms with van der Waals surface area (Å²) in [6.07, 6.45) is 6.06. The molecule has 0 spiro atoms. The first-order valence-corrected chi connectivity index (χ1v) is 8.82. The number of carbonyl (C=O) groups is 1. The number of benzene rings is 1. The molecule has 2 amide bonds. The topological polar surface area (TPSA) is 63.5 Å². The largest absolute Gasteiger partial charge is 0.326 e. The van der Waals surface area contributed by atoms with Crippen LogP contribution in [0.5, 0.6) is 0 Å². The monoisotopic (exact) mass is 333 g/mol. The van der Waals surface area contributed by atoms with Gasteiger partial charge in [-0.05, 0) is 12.8 Å². The molecule has 0 radical (unpaired) electrons. The van der Waals surface area contributed by atoms with Gasteiger partial charge in [-0.25, -0.2) is 4.79 Å². The molecule has 1 aromatic carbocycles. The van der Waals surface area contributed by atoms with E-state index in [-0.39, 0.29) is 12.1 Å². The third-order valence-corrected chi connectivity index (χ3v) is 5.58. The average Bonchev–Trinajstić information content (AvgIpc) is 3.38. The molecule has 3 fully saturated rings. The lowest BCUT2D eigenvalue weighted by Crippen LogP contribution is -2.60. The van der Waals surface area contributed by atoms with Gasteiger partial charge in [0.1, 0.15) is 6.04 Å². The van der Waals surface area contributed by atoms with E-state index in [4.69, 9.17) is 0 Å². The molecule has 25 heavy (non-hydrogen) atoms. The summed E-state index contributed by atoms with van der Waals surface area (Å²) >= 11 is 0. The zero-order chi connectivity index (χ0) is 17.0. The molecule has 2 saturated heterocycles. The van der Waals surface area contributed by atoms with Gasteiger partial charge in [0.05, 0.1) is 30.5 Å². The van der Waals surface area contributed by atoms with E-state index in [0.717, 1.165) is 35.6 Å². The van der Waals surface area contributed by atoms with Gasteiger partial charge in [0, 0.05) is 36.1 Å². The summed E-state index contributed by atoms with van der Waals surface area (Å²) < 4.78 is 0. The van der Waals surface area contributed by atoms with Crippen molar-refractivity contribution in [2.24, 2.45) is 0 Å². The van der Waals surface area contributed by atoms with E-state index in [1.54, 1.807) is 17.3 Å². The van der Waals surface area contributed by atoms with Gasteiger partial charge in [0.15, 0.2) is 0 Å². The molecule has 1 saturated carbocycles. The normalized spacial score (nSPS) is 24.6. The second kappa shape index (κ2) is 5.43. The van der Waals surface area contributed by atoms with E-state index in [1.165, 1.54) is 12.8 Å². The maximum absolute atomic E-state index is 13.1.